The third-order valence-electron chi connectivity index (χ3n) is 6.41. The van der Waals surface area contributed by atoms with E-state index in [2.05, 4.69) is 27.0 Å². The number of nitrogens with one attached hydrogen (secondary N) is 3. The smallest absolute Gasteiger partial charge is 0.328 e. The van der Waals surface area contributed by atoms with Crippen LogP contribution in [-0.4, -0.2) is 64.4 Å². The number of pyridine rings is 1. The van der Waals surface area contributed by atoms with Gasteiger partial charge in [0.05, 0.1) is 5.92 Å². The topological polar surface area (TPSA) is 124 Å². The molecule has 37 heavy (non-hydrogen) atoms. The second-order valence-electron chi connectivity index (χ2n) is 9.34. The number of aromatic nitrogens is 1. The number of halogens is 1. The molecule has 0 saturated carbocycles. The number of carbonyl (C=O) groups is 3. The summed E-state index contributed by atoms with van der Waals surface area (Å²) >= 11 is 1.35. The molecule has 0 radical (unpaired) electrons. The zero-order valence-corrected chi connectivity index (χ0v) is 21.4. The van der Waals surface area contributed by atoms with Gasteiger partial charge in [-0.15, -0.1) is 0 Å². The van der Waals surface area contributed by atoms with Crippen LogP contribution in [0.5, 0.6) is 0 Å². The van der Waals surface area contributed by atoms with E-state index >= 15 is 0 Å². The lowest BCUT2D eigenvalue weighted by atomic mass is 10.0. The molecule has 1 unspecified atom stereocenters. The lowest BCUT2D eigenvalue weighted by Gasteiger charge is -2.37. The number of nitrogens with zero attached hydrogens (tertiary/aromatic N) is 2. The Morgan fingerprint density at radius 3 is 2.84 bits per heavy atom. The van der Waals surface area contributed by atoms with Crippen LogP contribution in [0.15, 0.2) is 41.3 Å². The summed E-state index contributed by atoms with van der Waals surface area (Å²) in [5.74, 6) is -1.54. The fraction of sp³-hybridized carbons (Fsp3) is 0.462. The molecule has 2 amide bonds. The van der Waals surface area contributed by atoms with Crippen molar-refractivity contribution in [3.05, 3.63) is 53.5 Å². The number of aliphatic carboxylic acids is 1. The minimum Gasteiger partial charge on any atom is -0.480 e. The maximum Gasteiger partial charge on any atom is 0.328 e. The van der Waals surface area contributed by atoms with Crippen molar-refractivity contribution >= 4 is 35.5 Å². The van der Waals surface area contributed by atoms with E-state index in [1.165, 1.54) is 29.6 Å². The number of hydrogen-bond donors (Lipinski definition) is 4. The summed E-state index contributed by atoms with van der Waals surface area (Å²) < 4.78 is 15.2. The lowest BCUT2D eigenvalue weighted by Crippen LogP contribution is -2.56. The highest BCUT2D eigenvalue weighted by molar-refractivity contribution is 7.97. The van der Waals surface area contributed by atoms with E-state index in [9.17, 15) is 23.9 Å². The Morgan fingerprint density at radius 2 is 2.05 bits per heavy atom. The number of carboxylic acid groups (broad SMARTS) is 1. The molecule has 198 valence electrons. The molecule has 1 atom stereocenters. The van der Waals surface area contributed by atoms with Crippen LogP contribution in [0.3, 0.4) is 0 Å². The molecule has 11 heteroatoms. The summed E-state index contributed by atoms with van der Waals surface area (Å²) in [6.45, 7) is 1.63. The molecule has 1 fully saturated rings. The predicted molar refractivity (Wildman–Crippen MR) is 138 cm³/mol. The van der Waals surface area contributed by atoms with Crippen LogP contribution >= 0.6 is 11.9 Å². The fourth-order valence-corrected chi connectivity index (χ4v) is 5.36. The van der Waals surface area contributed by atoms with Gasteiger partial charge in [0, 0.05) is 43.2 Å². The van der Waals surface area contributed by atoms with Crippen LogP contribution in [0.1, 0.15) is 36.9 Å². The average Bonchev–Trinajstić information content (AvgIpc) is 2.86. The molecule has 1 aromatic carbocycles. The third-order valence-corrected chi connectivity index (χ3v) is 7.43. The monoisotopic (exact) mass is 529 g/mol. The number of carboxylic acids is 1. The van der Waals surface area contributed by atoms with Crippen LogP contribution in [-0.2, 0) is 27.2 Å². The van der Waals surface area contributed by atoms with Crippen molar-refractivity contribution in [2.24, 2.45) is 5.92 Å². The van der Waals surface area contributed by atoms with E-state index in [1.54, 1.807) is 12.1 Å². The Bertz CT molecular complexity index is 1130. The number of carbonyl (C=O) groups excluding carboxylic acids is 2. The van der Waals surface area contributed by atoms with Crippen LogP contribution in [0.25, 0.3) is 0 Å². The van der Waals surface area contributed by atoms with Crippen molar-refractivity contribution in [3.63, 3.8) is 0 Å². The first-order valence-corrected chi connectivity index (χ1v) is 13.4. The molecule has 2 aromatic rings. The molecule has 0 spiro atoms. The van der Waals surface area contributed by atoms with Crippen molar-refractivity contribution in [3.8, 4) is 0 Å². The minimum absolute atomic E-state index is 0.174. The Kier molecular flexibility index (Phi) is 9.34. The van der Waals surface area contributed by atoms with E-state index in [-0.39, 0.29) is 36.5 Å². The summed E-state index contributed by atoms with van der Waals surface area (Å²) in [5.41, 5.74) is 2.23. The molecular formula is C26H32FN5O4S. The summed E-state index contributed by atoms with van der Waals surface area (Å²) in [6, 6.07) is 9.14. The van der Waals surface area contributed by atoms with Crippen LogP contribution < -0.4 is 16.0 Å². The standard InChI is InChI=1S/C26H32FN5O4S/c27-19-6-3-8-21(13-19)37-32-15-18(16-32)25(34)31-22(26(35)36)14-29-23(33)9-2-1-7-20-11-10-17-5-4-12-28-24(17)30-20/h3,6,8,10-11,13,18,22H,1-2,4-5,7,9,12,14-16H2,(H,28,30)(H,29,33)(H,31,34)(H,35,36). The van der Waals surface area contributed by atoms with Crippen LogP contribution in [0.2, 0.25) is 0 Å². The molecule has 0 bridgehead atoms. The van der Waals surface area contributed by atoms with Crippen molar-refractivity contribution in [1.29, 1.82) is 0 Å². The van der Waals surface area contributed by atoms with Gasteiger partial charge in [0.15, 0.2) is 0 Å². The normalized spacial score (nSPS) is 16.1. The molecule has 1 aromatic heterocycles. The van der Waals surface area contributed by atoms with Gasteiger partial charge in [-0.05, 0) is 73.9 Å². The Balaban J connectivity index is 1.12. The number of rotatable bonds is 12. The Morgan fingerprint density at radius 1 is 1.22 bits per heavy atom. The van der Waals surface area contributed by atoms with Gasteiger partial charge in [-0.1, -0.05) is 12.1 Å². The molecular weight excluding hydrogens is 497 g/mol. The summed E-state index contributed by atoms with van der Waals surface area (Å²) in [7, 11) is 0. The van der Waals surface area contributed by atoms with Gasteiger partial charge in [0.1, 0.15) is 17.7 Å². The number of anilines is 1. The van der Waals surface area contributed by atoms with E-state index in [4.69, 9.17) is 0 Å². The van der Waals surface area contributed by atoms with Gasteiger partial charge in [-0.25, -0.2) is 18.5 Å². The average molecular weight is 530 g/mol. The predicted octanol–water partition coefficient (Wildman–Crippen LogP) is 2.62. The number of fused-ring (bicyclic) bond motifs is 1. The zero-order valence-electron chi connectivity index (χ0n) is 20.5. The molecule has 2 aliphatic rings. The largest absolute Gasteiger partial charge is 0.480 e. The molecule has 1 saturated heterocycles. The van der Waals surface area contributed by atoms with Crippen molar-refractivity contribution in [2.45, 2.75) is 49.5 Å². The number of amides is 2. The minimum atomic E-state index is -1.20. The zero-order chi connectivity index (χ0) is 26.2. The SMILES string of the molecule is O=C(CCCCc1ccc2c(n1)NCCC2)NCC(NC(=O)C1CN(Sc2cccc(F)c2)C1)C(=O)O. The molecule has 4 rings (SSSR count). The Hall–Kier alpha value is -3.18. The Labute approximate surface area is 219 Å². The van der Waals surface area contributed by atoms with Gasteiger partial charge in [-0.3, -0.25) is 9.59 Å². The molecule has 2 aliphatic heterocycles. The van der Waals surface area contributed by atoms with Crippen LogP contribution in [0, 0.1) is 11.7 Å². The summed E-state index contributed by atoms with van der Waals surface area (Å²) in [4.78, 5) is 41.7. The maximum atomic E-state index is 13.3. The van der Waals surface area contributed by atoms with Crippen molar-refractivity contribution in [2.75, 3.05) is 31.5 Å². The van der Waals surface area contributed by atoms with Crippen molar-refractivity contribution in [1.82, 2.24) is 19.9 Å². The maximum absolute atomic E-state index is 13.3. The third kappa shape index (κ3) is 7.90. The van der Waals surface area contributed by atoms with Gasteiger partial charge in [0.2, 0.25) is 11.8 Å². The highest BCUT2D eigenvalue weighted by atomic mass is 32.2. The van der Waals surface area contributed by atoms with Gasteiger partial charge >= 0.3 is 5.97 Å². The van der Waals surface area contributed by atoms with E-state index in [0.29, 0.717) is 19.5 Å². The molecule has 3 heterocycles. The highest BCUT2D eigenvalue weighted by Gasteiger charge is 2.35. The first-order chi connectivity index (χ1) is 17.9. The van der Waals surface area contributed by atoms with Crippen LogP contribution in [0.4, 0.5) is 10.2 Å². The summed E-state index contributed by atoms with van der Waals surface area (Å²) in [5, 5.41) is 17.9. The number of benzene rings is 1. The quantitative estimate of drug-likeness (QED) is 0.244. The van der Waals surface area contributed by atoms with E-state index in [1.807, 2.05) is 10.4 Å². The molecule has 0 aliphatic carbocycles. The second kappa shape index (κ2) is 12.9. The summed E-state index contributed by atoms with van der Waals surface area (Å²) in [6.07, 6.45) is 4.66. The molecule has 4 N–H and O–H groups in total. The van der Waals surface area contributed by atoms with E-state index < -0.39 is 12.0 Å². The number of hydrogen-bond acceptors (Lipinski definition) is 7. The molecule has 9 nitrogen and oxygen atoms in total. The first-order valence-electron chi connectivity index (χ1n) is 12.6. The highest BCUT2D eigenvalue weighted by Crippen LogP contribution is 2.30. The van der Waals surface area contributed by atoms with E-state index in [0.717, 1.165) is 48.6 Å². The number of aryl methyl sites for hydroxylation is 2. The van der Waals surface area contributed by atoms with Gasteiger partial charge in [-0.2, -0.15) is 0 Å². The van der Waals surface area contributed by atoms with Crippen molar-refractivity contribution < 1.29 is 23.9 Å². The number of unbranched alkanes of at least 4 members (excludes halogenated alkanes) is 1. The lowest BCUT2D eigenvalue weighted by molar-refractivity contribution is -0.143. The van der Waals surface area contributed by atoms with Gasteiger partial charge in [0.25, 0.3) is 0 Å². The second-order valence-corrected chi connectivity index (χ2v) is 10.5. The first kappa shape index (κ1) is 26.9. The van der Waals surface area contributed by atoms with Gasteiger partial charge < -0.3 is 21.1 Å². The fourth-order valence-electron chi connectivity index (χ4n) is 4.25.